The van der Waals surface area contributed by atoms with Gasteiger partial charge in [0, 0.05) is 5.92 Å². The Morgan fingerprint density at radius 1 is 1.27 bits per heavy atom. The van der Waals surface area contributed by atoms with E-state index in [1.807, 2.05) is 4.81 Å². The molecule has 1 fully saturated rings. The van der Waals surface area contributed by atoms with Crippen molar-refractivity contribution in [1.29, 1.82) is 0 Å². The highest BCUT2D eigenvalue weighted by atomic mass is 32.2. The van der Waals surface area contributed by atoms with Crippen molar-refractivity contribution in [3.8, 4) is 5.75 Å². The molecular formula is C20H23BFNO6S. The van der Waals surface area contributed by atoms with Gasteiger partial charge in [0.15, 0.2) is 6.61 Å². The van der Waals surface area contributed by atoms with Gasteiger partial charge in [-0.25, -0.2) is 17.6 Å². The number of carbonyl (C=O) groups excluding carboxylic acids is 1. The third kappa shape index (κ3) is 4.83. The number of sulfone groups is 1. The molecule has 3 rings (SSSR count). The van der Waals surface area contributed by atoms with Gasteiger partial charge >= 0.3 is 13.0 Å². The van der Waals surface area contributed by atoms with E-state index in [1.165, 1.54) is 37.4 Å². The molecule has 0 saturated carbocycles. The number of ether oxygens (including phenoxy) is 2. The first kappa shape index (κ1) is 22.3. The molecule has 0 aromatic heterocycles. The Bertz CT molecular complexity index is 1030. The van der Waals surface area contributed by atoms with E-state index in [2.05, 4.69) is 4.74 Å². The molecule has 1 aliphatic heterocycles. The predicted molar refractivity (Wildman–Crippen MR) is 109 cm³/mol. The maximum Gasteiger partial charge on any atom is 0.376 e. The van der Waals surface area contributed by atoms with Crippen molar-refractivity contribution in [1.82, 2.24) is 4.81 Å². The molecule has 160 valence electrons. The van der Waals surface area contributed by atoms with Gasteiger partial charge < -0.3 is 19.3 Å². The molecule has 30 heavy (non-hydrogen) atoms. The molecule has 1 unspecified atom stereocenters. The Labute approximate surface area is 175 Å². The first-order chi connectivity index (χ1) is 14.2. The highest BCUT2D eigenvalue weighted by molar-refractivity contribution is 7.91. The molecule has 1 N–H and O–H groups in total. The van der Waals surface area contributed by atoms with Gasteiger partial charge in [-0.2, -0.15) is 0 Å². The quantitative estimate of drug-likeness (QED) is 0.526. The fourth-order valence-electron chi connectivity index (χ4n) is 3.49. The fraction of sp³-hybridized carbons (Fsp3) is 0.350. The smallest absolute Gasteiger partial charge is 0.376 e. The van der Waals surface area contributed by atoms with E-state index in [1.54, 1.807) is 12.9 Å². The molecule has 1 atom stereocenters. The van der Waals surface area contributed by atoms with Crippen LogP contribution >= 0.6 is 0 Å². The lowest BCUT2D eigenvalue weighted by molar-refractivity contribution is -0.142. The monoisotopic (exact) mass is 435 g/mol. The second kappa shape index (κ2) is 9.15. The minimum atomic E-state index is -3.98. The molecule has 0 spiro atoms. The number of nitrogens with zero attached hydrogens (tertiary/aromatic N) is 1. The maximum atomic E-state index is 13.5. The molecular weight excluding hydrogens is 412 g/mol. The van der Waals surface area contributed by atoms with Crippen LogP contribution in [0.4, 0.5) is 4.39 Å². The van der Waals surface area contributed by atoms with Gasteiger partial charge in [-0.1, -0.05) is 12.1 Å². The molecule has 1 heterocycles. The van der Waals surface area contributed by atoms with Gasteiger partial charge in [-0.3, -0.25) is 0 Å². The van der Waals surface area contributed by atoms with Crippen molar-refractivity contribution >= 4 is 22.9 Å². The molecule has 0 radical (unpaired) electrons. The summed E-state index contributed by atoms with van der Waals surface area (Å²) in [7, 11) is -3.34. The summed E-state index contributed by atoms with van der Waals surface area (Å²) in [5.41, 5.74) is 0.736. The molecule has 10 heteroatoms. The molecule has 0 bridgehead atoms. The Hall–Kier alpha value is -2.43. The lowest BCUT2D eigenvalue weighted by Gasteiger charge is -2.19. The van der Waals surface area contributed by atoms with Crippen LogP contribution < -0.4 is 4.74 Å². The number of hydrogen-bond acceptors (Lipinski definition) is 7. The number of rotatable bonds is 7. The molecule has 1 aliphatic rings. The zero-order valence-corrected chi connectivity index (χ0v) is 17.6. The molecule has 1 saturated heterocycles. The molecule has 0 amide bonds. The van der Waals surface area contributed by atoms with E-state index in [0.717, 1.165) is 18.1 Å². The number of hydrogen-bond donors (Lipinski definition) is 1. The van der Waals surface area contributed by atoms with E-state index in [9.17, 15) is 22.6 Å². The van der Waals surface area contributed by atoms with Gasteiger partial charge in [-0.15, -0.1) is 0 Å². The van der Waals surface area contributed by atoms with Crippen molar-refractivity contribution < 1.29 is 32.1 Å². The SMILES string of the molecule is COC(=O)COc1cc(S(=O)(=O)c2cccc(F)c2)ccc1C1CCN(B(C)O)C1. The van der Waals surface area contributed by atoms with Crippen LogP contribution in [0.15, 0.2) is 52.3 Å². The van der Waals surface area contributed by atoms with Gasteiger partial charge in [0.1, 0.15) is 11.6 Å². The minimum Gasteiger partial charge on any atom is -0.482 e. The summed E-state index contributed by atoms with van der Waals surface area (Å²) in [6, 6.07) is 9.22. The first-order valence-electron chi connectivity index (χ1n) is 9.48. The second-order valence-corrected chi connectivity index (χ2v) is 9.09. The number of esters is 1. The predicted octanol–water partition coefficient (Wildman–Crippen LogP) is 2.11. The molecule has 7 nitrogen and oxygen atoms in total. The molecule has 0 aliphatic carbocycles. The van der Waals surface area contributed by atoms with Gasteiger partial charge in [0.25, 0.3) is 0 Å². The first-order valence-corrected chi connectivity index (χ1v) is 11.0. The average Bonchev–Trinajstić information content (AvgIpc) is 3.22. The number of benzene rings is 2. The largest absolute Gasteiger partial charge is 0.482 e. The van der Waals surface area contributed by atoms with E-state index in [0.29, 0.717) is 13.1 Å². The van der Waals surface area contributed by atoms with Crippen molar-refractivity contribution in [3.63, 3.8) is 0 Å². The van der Waals surface area contributed by atoms with E-state index in [-0.39, 0.29) is 28.1 Å². The van der Waals surface area contributed by atoms with E-state index < -0.39 is 28.7 Å². The van der Waals surface area contributed by atoms with Crippen LogP contribution in [0.1, 0.15) is 17.9 Å². The summed E-state index contributed by atoms with van der Waals surface area (Å²) < 4.78 is 49.6. The maximum absolute atomic E-state index is 13.5. The zero-order valence-electron chi connectivity index (χ0n) is 16.7. The Kier molecular flexibility index (Phi) is 6.79. The number of carbonyl (C=O) groups is 1. The van der Waals surface area contributed by atoms with Crippen LogP contribution in [-0.4, -0.2) is 58.1 Å². The van der Waals surface area contributed by atoms with Crippen LogP contribution in [0.2, 0.25) is 6.82 Å². The summed E-state index contributed by atoms with van der Waals surface area (Å²) in [5, 5.41) is 9.82. The lowest BCUT2D eigenvalue weighted by Crippen LogP contribution is -2.34. The third-order valence-electron chi connectivity index (χ3n) is 5.16. The lowest BCUT2D eigenvalue weighted by atomic mass is 9.85. The third-order valence-corrected chi connectivity index (χ3v) is 6.91. The average molecular weight is 435 g/mol. The van der Waals surface area contributed by atoms with Crippen molar-refractivity contribution in [3.05, 3.63) is 53.8 Å². The topological polar surface area (TPSA) is 93.1 Å². The summed E-state index contributed by atoms with van der Waals surface area (Å²) in [5.74, 6) is -1.01. The fourth-order valence-corrected chi connectivity index (χ4v) is 4.80. The summed E-state index contributed by atoms with van der Waals surface area (Å²) >= 11 is 0. The summed E-state index contributed by atoms with van der Waals surface area (Å²) in [6.45, 7) is 2.57. The van der Waals surface area contributed by atoms with Crippen LogP contribution in [0.25, 0.3) is 0 Å². The van der Waals surface area contributed by atoms with Gasteiger partial charge in [0.05, 0.1) is 16.9 Å². The highest BCUT2D eigenvalue weighted by Crippen LogP contribution is 2.36. The Balaban J connectivity index is 1.98. The standard InChI is InChI=1S/C20H23BFNO6S/c1-21(25)23-9-8-14(12-23)18-7-6-17(11-19(18)29-13-20(24)28-2)30(26,27)16-5-3-4-15(22)10-16/h3-7,10-11,14,25H,8-9,12-13H2,1-2H3. The second-order valence-electron chi connectivity index (χ2n) is 7.14. The van der Waals surface area contributed by atoms with Crippen LogP contribution in [0.5, 0.6) is 5.75 Å². The highest BCUT2D eigenvalue weighted by Gasteiger charge is 2.31. The Morgan fingerprint density at radius 3 is 2.63 bits per heavy atom. The van der Waals surface area contributed by atoms with Crippen molar-refractivity contribution in [2.24, 2.45) is 0 Å². The van der Waals surface area contributed by atoms with Crippen LogP contribution in [0, 0.1) is 5.82 Å². The minimum absolute atomic E-state index is 0.00169. The molecule has 2 aromatic rings. The molecule has 2 aromatic carbocycles. The summed E-state index contributed by atoms with van der Waals surface area (Å²) in [4.78, 5) is 13.2. The summed E-state index contributed by atoms with van der Waals surface area (Å²) in [6.07, 6.45) is 0.746. The van der Waals surface area contributed by atoms with E-state index in [4.69, 9.17) is 4.74 Å². The normalized spacial score (nSPS) is 17.0. The van der Waals surface area contributed by atoms with Gasteiger partial charge in [-0.05, 0) is 62.2 Å². The number of methoxy groups -OCH3 is 1. The van der Waals surface area contributed by atoms with E-state index >= 15 is 0 Å². The van der Waals surface area contributed by atoms with Crippen molar-refractivity contribution in [2.75, 3.05) is 26.8 Å². The number of halogens is 1. The van der Waals surface area contributed by atoms with Crippen LogP contribution in [0.3, 0.4) is 0 Å². The van der Waals surface area contributed by atoms with Gasteiger partial charge in [0.2, 0.25) is 9.84 Å². The Morgan fingerprint density at radius 2 is 2.00 bits per heavy atom. The van der Waals surface area contributed by atoms with Crippen LogP contribution in [-0.2, 0) is 19.4 Å². The van der Waals surface area contributed by atoms with Crippen molar-refractivity contribution in [2.45, 2.75) is 29.0 Å². The zero-order chi connectivity index (χ0) is 21.9.